The molecule has 1 fully saturated rings. The minimum atomic E-state index is 0.749. The van der Waals surface area contributed by atoms with Crippen molar-refractivity contribution in [1.29, 1.82) is 0 Å². The van der Waals surface area contributed by atoms with Gasteiger partial charge in [-0.05, 0) is 83.2 Å². The Hall–Kier alpha value is -1.51. The molecule has 0 unspecified atom stereocenters. The number of allylic oxidation sites excluding steroid dienone is 7. The zero-order chi connectivity index (χ0) is 20.4. The van der Waals surface area contributed by atoms with Crippen LogP contribution in [0.5, 0.6) is 0 Å². The van der Waals surface area contributed by atoms with Crippen LogP contribution < -0.4 is 0 Å². The molecule has 1 aromatic carbocycles. The van der Waals surface area contributed by atoms with Crippen LogP contribution in [-0.2, 0) is 0 Å². The second-order valence-electron chi connectivity index (χ2n) is 7.85. The number of hydrogen-bond donors (Lipinski definition) is 0. The number of piperidine rings is 1. The molecule has 0 atom stereocenters. The highest BCUT2D eigenvalue weighted by Crippen LogP contribution is 2.29. The second-order valence-corrected chi connectivity index (χ2v) is 8.83. The molecule has 0 saturated carbocycles. The lowest BCUT2D eigenvalue weighted by Gasteiger charge is -2.33. The molecule has 1 aliphatic rings. The summed E-state index contributed by atoms with van der Waals surface area (Å²) < 4.78 is 0. The van der Waals surface area contributed by atoms with Gasteiger partial charge in [0.15, 0.2) is 0 Å². The molecule has 0 aliphatic carbocycles. The molecule has 0 aromatic heterocycles. The molecule has 1 saturated heterocycles. The smallest absolute Gasteiger partial charge is 0.0206 e. The van der Waals surface area contributed by atoms with E-state index in [1.807, 2.05) is 11.8 Å². The number of benzene rings is 1. The fourth-order valence-electron chi connectivity index (χ4n) is 3.79. The summed E-state index contributed by atoms with van der Waals surface area (Å²) in [5, 5.41) is 0. The van der Waals surface area contributed by atoms with Gasteiger partial charge in [-0.1, -0.05) is 60.2 Å². The monoisotopic (exact) mass is 395 g/mol. The Morgan fingerprint density at radius 1 is 1.04 bits per heavy atom. The number of likely N-dealkylation sites (tertiary alicyclic amines) is 1. The molecule has 1 nitrogen and oxygen atoms in total. The van der Waals surface area contributed by atoms with Gasteiger partial charge in [0, 0.05) is 17.2 Å². The number of hydrogen-bond acceptors (Lipinski definition) is 2. The summed E-state index contributed by atoms with van der Waals surface area (Å²) in [6, 6.07) is 6.60. The largest absolute Gasteiger partial charge is 0.299 e. The molecule has 28 heavy (non-hydrogen) atoms. The van der Waals surface area contributed by atoms with Crippen molar-refractivity contribution in [3.63, 3.8) is 0 Å². The third-order valence-corrected chi connectivity index (χ3v) is 6.99. The maximum Gasteiger partial charge on any atom is 0.0206 e. The van der Waals surface area contributed by atoms with Crippen molar-refractivity contribution in [1.82, 2.24) is 4.90 Å². The van der Waals surface area contributed by atoms with E-state index in [0.717, 1.165) is 18.2 Å². The first-order valence-corrected chi connectivity index (χ1v) is 11.5. The first-order chi connectivity index (χ1) is 13.5. The number of nitrogens with zero attached hydrogens (tertiary/aromatic N) is 1. The molecule has 2 heteroatoms. The number of thioether (sulfide) groups is 1. The number of aryl methyl sites for hydroxylation is 2. The standard InChI is InChI=1S/C26H37NS/c1-6-8-11-21(3)25-15-17-27(18-16-25)19-24(14-9-7-2)20-28-26-22(4)12-10-13-23(26)5/h6-14,25H,15-20H2,1-5H3/b8-6-,9-7-,21-11+,24-14+. The van der Waals surface area contributed by atoms with Crippen molar-refractivity contribution in [3.05, 3.63) is 76.9 Å². The van der Waals surface area contributed by atoms with Gasteiger partial charge < -0.3 is 0 Å². The molecule has 1 heterocycles. The van der Waals surface area contributed by atoms with Crippen LogP contribution in [0.4, 0.5) is 0 Å². The van der Waals surface area contributed by atoms with E-state index in [4.69, 9.17) is 0 Å². The van der Waals surface area contributed by atoms with Gasteiger partial charge in [0.05, 0.1) is 0 Å². The fourth-order valence-corrected chi connectivity index (χ4v) is 4.90. The molecule has 0 spiro atoms. The zero-order valence-corrected chi connectivity index (χ0v) is 19.2. The second kappa shape index (κ2) is 12.1. The normalized spacial score (nSPS) is 17.9. The van der Waals surface area contributed by atoms with Crippen molar-refractivity contribution >= 4 is 11.8 Å². The average Bonchev–Trinajstić information content (AvgIpc) is 2.70. The van der Waals surface area contributed by atoms with Crippen molar-refractivity contribution in [2.24, 2.45) is 5.92 Å². The molecule has 0 radical (unpaired) electrons. The van der Waals surface area contributed by atoms with Gasteiger partial charge in [0.25, 0.3) is 0 Å². The van der Waals surface area contributed by atoms with Crippen LogP contribution in [0.2, 0.25) is 0 Å². The molecule has 1 aromatic rings. The zero-order valence-electron chi connectivity index (χ0n) is 18.4. The van der Waals surface area contributed by atoms with Gasteiger partial charge in [0.1, 0.15) is 0 Å². The Morgan fingerprint density at radius 3 is 2.25 bits per heavy atom. The van der Waals surface area contributed by atoms with Crippen molar-refractivity contribution in [3.8, 4) is 0 Å². The summed E-state index contributed by atoms with van der Waals surface area (Å²) >= 11 is 1.99. The quantitative estimate of drug-likeness (QED) is 0.340. The third-order valence-electron chi connectivity index (χ3n) is 5.54. The van der Waals surface area contributed by atoms with E-state index >= 15 is 0 Å². The summed E-state index contributed by atoms with van der Waals surface area (Å²) in [5.74, 6) is 1.82. The third kappa shape index (κ3) is 7.14. The summed E-state index contributed by atoms with van der Waals surface area (Å²) in [4.78, 5) is 4.08. The minimum absolute atomic E-state index is 0.749. The van der Waals surface area contributed by atoms with E-state index in [-0.39, 0.29) is 0 Å². The molecule has 0 bridgehead atoms. The van der Waals surface area contributed by atoms with Crippen LogP contribution in [0.3, 0.4) is 0 Å². The van der Waals surface area contributed by atoms with Crippen LogP contribution in [0, 0.1) is 19.8 Å². The Balaban J connectivity index is 1.94. The highest BCUT2D eigenvalue weighted by atomic mass is 32.2. The SMILES string of the molecule is C/C=C\C=C(\CSc1c(C)cccc1C)CN1CCC(/C(C)=C/C=C\C)CC1. The van der Waals surface area contributed by atoms with Crippen LogP contribution in [0.1, 0.15) is 44.7 Å². The lowest BCUT2D eigenvalue weighted by Crippen LogP contribution is -2.35. The lowest BCUT2D eigenvalue weighted by atomic mass is 9.89. The van der Waals surface area contributed by atoms with Gasteiger partial charge >= 0.3 is 0 Å². The van der Waals surface area contributed by atoms with Gasteiger partial charge in [-0.15, -0.1) is 11.8 Å². The van der Waals surface area contributed by atoms with Crippen LogP contribution in [0.15, 0.2) is 70.7 Å². The molecular formula is C26H37NS. The topological polar surface area (TPSA) is 3.24 Å². The predicted molar refractivity (Wildman–Crippen MR) is 127 cm³/mol. The van der Waals surface area contributed by atoms with E-state index in [9.17, 15) is 0 Å². The van der Waals surface area contributed by atoms with Crippen LogP contribution in [0.25, 0.3) is 0 Å². The van der Waals surface area contributed by atoms with E-state index < -0.39 is 0 Å². The van der Waals surface area contributed by atoms with Crippen LogP contribution in [-0.4, -0.2) is 30.3 Å². The van der Waals surface area contributed by atoms with Gasteiger partial charge in [-0.2, -0.15) is 0 Å². The summed E-state index contributed by atoms with van der Waals surface area (Å²) in [5.41, 5.74) is 5.83. The van der Waals surface area contributed by atoms with Gasteiger partial charge in [-0.25, -0.2) is 0 Å². The Kier molecular flexibility index (Phi) is 9.87. The molecule has 1 aliphatic heterocycles. The van der Waals surface area contributed by atoms with Crippen molar-refractivity contribution in [2.75, 3.05) is 25.4 Å². The summed E-state index contributed by atoms with van der Waals surface area (Å²) in [6.45, 7) is 14.4. The van der Waals surface area contributed by atoms with E-state index in [0.29, 0.717) is 0 Å². The molecule has 0 amide bonds. The Bertz CT molecular complexity index is 711. The average molecular weight is 396 g/mol. The number of rotatable bonds is 8. The first kappa shape index (κ1) is 22.8. The molecular weight excluding hydrogens is 358 g/mol. The Labute approximate surface area is 177 Å². The maximum absolute atomic E-state index is 2.64. The lowest BCUT2D eigenvalue weighted by molar-refractivity contribution is 0.213. The molecule has 2 rings (SSSR count). The first-order valence-electron chi connectivity index (χ1n) is 10.6. The minimum Gasteiger partial charge on any atom is -0.299 e. The summed E-state index contributed by atoms with van der Waals surface area (Å²) in [7, 11) is 0. The molecule has 0 N–H and O–H groups in total. The van der Waals surface area contributed by atoms with E-state index in [1.54, 1.807) is 0 Å². The highest BCUT2D eigenvalue weighted by molar-refractivity contribution is 7.99. The van der Waals surface area contributed by atoms with E-state index in [2.05, 4.69) is 94.2 Å². The maximum atomic E-state index is 2.64. The predicted octanol–water partition coefficient (Wildman–Crippen LogP) is 7.13. The van der Waals surface area contributed by atoms with Gasteiger partial charge in [0.2, 0.25) is 0 Å². The highest BCUT2D eigenvalue weighted by Gasteiger charge is 2.20. The Morgan fingerprint density at radius 2 is 1.64 bits per heavy atom. The molecule has 152 valence electrons. The fraction of sp³-hybridized carbons (Fsp3) is 0.462. The summed E-state index contributed by atoms with van der Waals surface area (Å²) in [6.07, 6.45) is 15.8. The van der Waals surface area contributed by atoms with Crippen molar-refractivity contribution < 1.29 is 0 Å². The van der Waals surface area contributed by atoms with Crippen molar-refractivity contribution in [2.45, 2.75) is 52.4 Å². The van der Waals surface area contributed by atoms with Gasteiger partial charge in [-0.3, -0.25) is 4.90 Å². The van der Waals surface area contributed by atoms with E-state index in [1.165, 1.54) is 53.1 Å². The van der Waals surface area contributed by atoms with Crippen LogP contribution >= 0.6 is 11.8 Å².